The molecule has 4 nitrogen and oxygen atoms in total. The molecule has 2 rings (SSSR count). The van der Waals surface area contributed by atoms with Crippen LogP contribution in [0.15, 0.2) is 12.1 Å². The van der Waals surface area contributed by atoms with Crippen LogP contribution in [0.5, 0.6) is 0 Å². The topological polar surface area (TPSA) is 53.1 Å². The zero-order valence-corrected chi connectivity index (χ0v) is 11.6. The number of benzene rings is 1. The number of aryl methyl sites for hydroxylation is 1. The Hall–Kier alpha value is -0.890. The van der Waals surface area contributed by atoms with E-state index in [0.29, 0.717) is 22.7 Å². The average Bonchev–Trinajstić information content (AvgIpc) is 2.57. The molecule has 6 heteroatoms. The first-order valence-electron chi connectivity index (χ1n) is 5.23. The van der Waals surface area contributed by atoms with Gasteiger partial charge in [0.1, 0.15) is 5.82 Å². The lowest BCUT2D eigenvalue weighted by molar-refractivity contribution is 0.191. The van der Waals surface area contributed by atoms with Gasteiger partial charge in [-0.15, -0.1) is 0 Å². The largest absolute Gasteiger partial charge is 0.385 e. The summed E-state index contributed by atoms with van der Waals surface area (Å²) in [6.45, 7) is 1.32. The number of fused-ring (bicyclic) bond motifs is 1. The van der Waals surface area contributed by atoms with Gasteiger partial charge in [-0.1, -0.05) is 0 Å². The number of hydrogen-bond donors (Lipinski definition) is 1. The SMILES string of the molecule is COCCCn1c(N)nc2cc(I)c(F)cc21. The van der Waals surface area contributed by atoms with Gasteiger partial charge in [0.15, 0.2) is 0 Å². The van der Waals surface area contributed by atoms with Gasteiger partial charge in [-0.05, 0) is 35.1 Å². The summed E-state index contributed by atoms with van der Waals surface area (Å²) < 4.78 is 20.9. The molecule has 0 aliphatic carbocycles. The van der Waals surface area contributed by atoms with Crippen LogP contribution < -0.4 is 5.73 Å². The van der Waals surface area contributed by atoms with Crippen LogP contribution in [-0.2, 0) is 11.3 Å². The normalized spacial score (nSPS) is 11.2. The Labute approximate surface area is 112 Å². The van der Waals surface area contributed by atoms with Gasteiger partial charge in [-0.2, -0.15) is 0 Å². The molecule has 92 valence electrons. The van der Waals surface area contributed by atoms with Gasteiger partial charge in [0.2, 0.25) is 5.95 Å². The zero-order valence-electron chi connectivity index (χ0n) is 9.41. The number of halogens is 2. The van der Waals surface area contributed by atoms with Crippen molar-refractivity contribution in [3.8, 4) is 0 Å². The number of methoxy groups -OCH3 is 1. The minimum Gasteiger partial charge on any atom is -0.385 e. The Balaban J connectivity index is 2.40. The van der Waals surface area contributed by atoms with Crippen LogP contribution in [0, 0.1) is 9.39 Å². The number of nitrogens with zero attached hydrogens (tertiary/aromatic N) is 2. The first-order valence-corrected chi connectivity index (χ1v) is 6.31. The summed E-state index contributed by atoms with van der Waals surface area (Å²) in [5, 5.41) is 0. The number of nitrogens with two attached hydrogens (primary N) is 1. The quantitative estimate of drug-likeness (QED) is 0.681. The summed E-state index contributed by atoms with van der Waals surface area (Å²) in [6.07, 6.45) is 0.819. The molecule has 2 aromatic rings. The molecular weight excluding hydrogens is 336 g/mol. The van der Waals surface area contributed by atoms with E-state index in [-0.39, 0.29) is 5.82 Å². The van der Waals surface area contributed by atoms with Crippen LogP contribution in [0.1, 0.15) is 6.42 Å². The third kappa shape index (κ3) is 2.52. The van der Waals surface area contributed by atoms with E-state index in [2.05, 4.69) is 4.98 Å². The number of nitrogen functional groups attached to an aromatic ring is 1. The Morgan fingerprint density at radius 2 is 2.29 bits per heavy atom. The van der Waals surface area contributed by atoms with Gasteiger partial charge in [0.25, 0.3) is 0 Å². The first-order chi connectivity index (χ1) is 8.13. The molecule has 0 unspecified atom stereocenters. The smallest absolute Gasteiger partial charge is 0.201 e. The Kier molecular flexibility index (Phi) is 3.82. The summed E-state index contributed by atoms with van der Waals surface area (Å²) in [6, 6.07) is 3.18. The van der Waals surface area contributed by atoms with Crippen LogP contribution in [0.2, 0.25) is 0 Å². The average molecular weight is 349 g/mol. The first kappa shape index (κ1) is 12.6. The summed E-state index contributed by atoms with van der Waals surface area (Å²) in [5.74, 6) is 0.170. The van der Waals surface area contributed by atoms with Crippen molar-refractivity contribution in [3.63, 3.8) is 0 Å². The van der Waals surface area contributed by atoms with Gasteiger partial charge in [-0.25, -0.2) is 9.37 Å². The van der Waals surface area contributed by atoms with Crippen molar-refractivity contribution in [2.45, 2.75) is 13.0 Å². The maximum atomic E-state index is 13.5. The van der Waals surface area contributed by atoms with Crippen molar-refractivity contribution in [2.75, 3.05) is 19.5 Å². The Morgan fingerprint density at radius 1 is 1.53 bits per heavy atom. The monoisotopic (exact) mass is 349 g/mol. The fraction of sp³-hybridized carbons (Fsp3) is 0.364. The molecule has 0 amide bonds. The predicted octanol–water partition coefficient (Wildman–Crippen LogP) is 2.40. The van der Waals surface area contributed by atoms with Crippen LogP contribution in [0.3, 0.4) is 0 Å². The Bertz CT molecular complexity index is 541. The number of hydrogen-bond acceptors (Lipinski definition) is 3. The van der Waals surface area contributed by atoms with Crippen LogP contribution >= 0.6 is 22.6 Å². The van der Waals surface area contributed by atoms with E-state index in [1.165, 1.54) is 6.07 Å². The summed E-state index contributed by atoms with van der Waals surface area (Å²) >= 11 is 1.94. The number of imidazole rings is 1. The molecule has 17 heavy (non-hydrogen) atoms. The number of aromatic nitrogens is 2. The summed E-state index contributed by atoms with van der Waals surface area (Å²) in [7, 11) is 1.65. The lowest BCUT2D eigenvalue weighted by Gasteiger charge is -2.06. The van der Waals surface area contributed by atoms with E-state index < -0.39 is 0 Å². The molecule has 0 fully saturated rings. The fourth-order valence-corrected chi connectivity index (χ4v) is 2.19. The van der Waals surface area contributed by atoms with E-state index >= 15 is 0 Å². The molecule has 2 N–H and O–H groups in total. The molecule has 0 atom stereocenters. The highest BCUT2D eigenvalue weighted by atomic mass is 127. The third-order valence-electron chi connectivity index (χ3n) is 2.55. The fourth-order valence-electron chi connectivity index (χ4n) is 1.74. The second kappa shape index (κ2) is 5.18. The molecule has 0 bridgehead atoms. The molecule has 0 aliphatic rings. The maximum Gasteiger partial charge on any atom is 0.201 e. The van der Waals surface area contributed by atoms with Crippen molar-refractivity contribution in [3.05, 3.63) is 21.5 Å². The second-order valence-corrected chi connectivity index (χ2v) is 4.89. The minimum absolute atomic E-state index is 0.244. The van der Waals surface area contributed by atoms with Crippen molar-refractivity contribution < 1.29 is 9.13 Å². The minimum atomic E-state index is -0.244. The van der Waals surface area contributed by atoms with E-state index in [4.69, 9.17) is 10.5 Å². The highest BCUT2D eigenvalue weighted by Gasteiger charge is 2.11. The molecule has 0 aliphatic heterocycles. The molecule has 0 spiro atoms. The highest BCUT2D eigenvalue weighted by Crippen LogP contribution is 2.23. The number of anilines is 1. The van der Waals surface area contributed by atoms with Crippen LogP contribution in [0.4, 0.5) is 10.3 Å². The summed E-state index contributed by atoms with van der Waals surface area (Å²) in [5.41, 5.74) is 7.28. The summed E-state index contributed by atoms with van der Waals surface area (Å²) in [4.78, 5) is 4.22. The van der Waals surface area contributed by atoms with E-state index in [1.54, 1.807) is 13.2 Å². The van der Waals surface area contributed by atoms with Gasteiger partial charge in [0, 0.05) is 26.3 Å². The van der Waals surface area contributed by atoms with Crippen molar-refractivity contribution in [1.82, 2.24) is 9.55 Å². The van der Waals surface area contributed by atoms with Crippen LogP contribution in [-0.4, -0.2) is 23.3 Å². The van der Waals surface area contributed by atoms with Gasteiger partial charge < -0.3 is 15.0 Å². The molecule has 1 heterocycles. The lowest BCUT2D eigenvalue weighted by Crippen LogP contribution is -2.05. The van der Waals surface area contributed by atoms with Crippen molar-refractivity contribution >= 4 is 39.6 Å². The Morgan fingerprint density at radius 3 is 3.00 bits per heavy atom. The van der Waals surface area contributed by atoms with E-state index in [0.717, 1.165) is 17.5 Å². The van der Waals surface area contributed by atoms with Gasteiger partial charge in [-0.3, -0.25) is 0 Å². The second-order valence-electron chi connectivity index (χ2n) is 3.72. The number of rotatable bonds is 4. The molecule has 0 saturated carbocycles. The molecule has 0 radical (unpaired) electrons. The van der Waals surface area contributed by atoms with Crippen LogP contribution in [0.25, 0.3) is 11.0 Å². The predicted molar refractivity (Wildman–Crippen MR) is 73.3 cm³/mol. The molecule has 0 saturated heterocycles. The third-order valence-corrected chi connectivity index (χ3v) is 3.38. The van der Waals surface area contributed by atoms with Gasteiger partial charge >= 0.3 is 0 Å². The van der Waals surface area contributed by atoms with Gasteiger partial charge in [0.05, 0.1) is 14.6 Å². The number of ether oxygens (including phenoxy) is 1. The lowest BCUT2D eigenvalue weighted by atomic mass is 10.3. The van der Waals surface area contributed by atoms with E-state index in [1.807, 2.05) is 27.2 Å². The molecule has 1 aromatic carbocycles. The molecular formula is C11H13FIN3O. The van der Waals surface area contributed by atoms with Crippen molar-refractivity contribution in [2.24, 2.45) is 0 Å². The maximum absolute atomic E-state index is 13.5. The highest BCUT2D eigenvalue weighted by molar-refractivity contribution is 14.1. The van der Waals surface area contributed by atoms with E-state index in [9.17, 15) is 4.39 Å². The zero-order chi connectivity index (χ0) is 12.4. The molecule has 1 aromatic heterocycles. The standard InChI is InChI=1S/C11H13FIN3O/c1-17-4-2-3-16-10-5-7(12)8(13)6-9(10)15-11(16)14/h5-6H,2-4H2,1H3,(H2,14,15). The van der Waals surface area contributed by atoms with Crippen molar-refractivity contribution in [1.29, 1.82) is 0 Å².